The Morgan fingerprint density at radius 3 is 2.31 bits per heavy atom. The second kappa shape index (κ2) is 9.14. The highest BCUT2D eigenvalue weighted by atomic mass is 32.2. The Kier molecular flexibility index (Phi) is 6.90. The van der Waals surface area contributed by atoms with E-state index in [4.69, 9.17) is 14.2 Å². The number of esters is 1. The highest BCUT2D eigenvalue weighted by Gasteiger charge is 2.19. The maximum Gasteiger partial charge on any atom is 0.316 e. The van der Waals surface area contributed by atoms with Crippen LogP contribution in [-0.2, 0) is 16.1 Å². The highest BCUT2D eigenvalue weighted by molar-refractivity contribution is 7.99. The maximum absolute atomic E-state index is 11.4. The summed E-state index contributed by atoms with van der Waals surface area (Å²) in [4.78, 5) is 11.4. The second-order valence-electron chi connectivity index (χ2n) is 4.98. The van der Waals surface area contributed by atoms with Gasteiger partial charge in [0.05, 0.1) is 34.2 Å². The minimum absolute atomic E-state index is 0.140. The largest absolute Gasteiger partial charge is 0.493 e. The minimum atomic E-state index is -0.336. The third-order valence-electron chi connectivity index (χ3n) is 3.50. The number of methoxy groups -OCH3 is 4. The number of carbonyl (C=O) groups excluding carboxylic acids is 1. The van der Waals surface area contributed by atoms with Crippen LogP contribution < -0.4 is 14.2 Å². The molecule has 0 aliphatic heterocycles. The summed E-state index contributed by atoms with van der Waals surface area (Å²) in [5, 5.41) is 9.02. The summed E-state index contributed by atoms with van der Waals surface area (Å²) in [6, 6.07) is 3.58. The summed E-state index contributed by atoms with van der Waals surface area (Å²) >= 11 is 1.24. The third kappa shape index (κ3) is 4.10. The molecule has 0 saturated carbocycles. The zero-order valence-electron chi connectivity index (χ0n) is 15.1. The lowest BCUT2D eigenvalue weighted by atomic mass is 10.1. The van der Waals surface area contributed by atoms with Crippen LogP contribution in [0.2, 0.25) is 0 Å². The van der Waals surface area contributed by atoms with Crippen molar-refractivity contribution in [2.75, 3.05) is 34.2 Å². The first-order chi connectivity index (χ1) is 12.6. The van der Waals surface area contributed by atoms with E-state index in [0.717, 1.165) is 5.56 Å². The fraction of sp³-hybridized carbons (Fsp3) is 0.353. The number of rotatable bonds is 9. The maximum atomic E-state index is 11.4. The third-order valence-corrected chi connectivity index (χ3v) is 4.44. The molecule has 0 aliphatic rings. The van der Waals surface area contributed by atoms with E-state index in [-0.39, 0.29) is 11.7 Å². The number of ether oxygens (including phenoxy) is 4. The number of thioether (sulfide) groups is 1. The number of benzene rings is 1. The van der Waals surface area contributed by atoms with Gasteiger partial charge in [0.2, 0.25) is 5.75 Å². The van der Waals surface area contributed by atoms with Crippen molar-refractivity contribution >= 4 is 17.7 Å². The lowest BCUT2D eigenvalue weighted by molar-refractivity contribution is -0.137. The smallest absolute Gasteiger partial charge is 0.316 e. The number of allylic oxidation sites excluding steroid dienone is 1. The number of hydrogen-bond acceptors (Lipinski definition) is 8. The Bertz CT molecular complexity index is 766. The van der Waals surface area contributed by atoms with E-state index in [2.05, 4.69) is 21.5 Å². The van der Waals surface area contributed by atoms with Crippen LogP contribution in [0, 0.1) is 0 Å². The van der Waals surface area contributed by atoms with Gasteiger partial charge in [-0.2, -0.15) is 0 Å². The van der Waals surface area contributed by atoms with Crippen LogP contribution in [0.25, 0.3) is 11.4 Å². The summed E-state index contributed by atoms with van der Waals surface area (Å²) in [6.07, 6.45) is 1.73. The second-order valence-corrected chi connectivity index (χ2v) is 5.93. The van der Waals surface area contributed by atoms with Crippen LogP contribution in [-0.4, -0.2) is 54.9 Å². The monoisotopic (exact) mass is 379 g/mol. The van der Waals surface area contributed by atoms with Gasteiger partial charge in [0.1, 0.15) is 0 Å². The molecule has 9 heteroatoms. The Morgan fingerprint density at radius 2 is 1.81 bits per heavy atom. The van der Waals surface area contributed by atoms with Gasteiger partial charge in [-0.25, -0.2) is 0 Å². The lowest BCUT2D eigenvalue weighted by Crippen LogP contribution is -2.06. The molecule has 140 valence electrons. The molecule has 1 aromatic carbocycles. The van der Waals surface area contributed by atoms with E-state index in [1.165, 1.54) is 18.9 Å². The van der Waals surface area contributed by atoms with Crippen LogP contribution in [0.4, 0.5) is 0 Å². The van der Waals surface area contributed by atoms with Crippen molar-refractivity contribution in [2.45, 2.75) is 11.7 Å². The molecule has 0 bridgehead atoms. The van der Waals surface area contributed by atoms with Crippen molar-refractivity contribution in [3.63, 3.8) is 0 Å². The van der Waals surface area contributed by atoms with Crippen LogP contribution in [0.5, 0.6) is 17.2 Å². The first kappa shape index (κ1) is 19.6. The summed E-state index contributed by atoms with van der Waals surface area (Å²) < 4.78 is 22.6. The Balaban J connectivity index is 2.49. The molecule has 0 radical (unpaired) electrons. The highest BCUT2D eigenvalue weighted by Crippen LogP contribution is 2.41. The molecule has 2 aromatic rings. The molecule has 8 nitrogen and oxygen atoms in total. The molecular formula is C17H21N3O5S. The number of nitrogens with zero attached hydrogens (tertiary/aromatic N) is 3. The van der Waals surface area contributed by atoms with E-state index in [0.29, 0.717) is 34.8 Å². The average molecular weight is 379 g/mol. The summed E-state index contributed by atoms with van der Waals surface area (Å²) in [5.41, 5.74) is 0.735. The van der Waals surface area contributed by atoms with Gasteiger partial charge in [-0.3, -0.25) is 9.36 Å². The van der Waals surface area contributed by atoms with Crippen molar-refractivity contribution in [1.82, 2.24) is 14.8 Å². The van der Waals surface area contributed by atoms with Crippen molar-refractivity contribution in [3.05, 3.63) is 24.8 Å². The van der Waals surface area contributed by atoms with E-state index in [1.807, 2.05) is 4.57 Å². The fourth-order valence-corrected chi connectivity index (χ4v) is 3.08. The average Bonchev–Trinajstić information content (AvgIpc) is 3.07. The van der Waals surface area contributed by atoms with Crippen molar-refractivity contribution in [3.8, 4) is 28.6 Å². The molecule has 1 heterocycles. The molecule has 0 N–H and O–H groups in total. The molecule has 0 unspecified atom stereocenters. The topological polar surface area (TPSA) is 84.7 Å². The van der Waals surface area contributed by atoms with Crippen molar-refractivity contribution < 1.29 is 23.7 Å². The molecular weight excluding hydrogens is 358 g/mol. The number of hydrogen-bond donors (Lipinski definition) is 0. The number of carbonyl (C=O) groups is 1. The van der Waals surface area contributed by atoms with E-state index < -0.39 is 0 Å². The predicted molar refractivity (Wildman–Crippen MR) is 98.1 cm³/mol. The molecule has 0 fully saturated rings. The summed E-state index contributed by atoms with van der Waals surface area (Å²) in [7, 11) is 5.99. The molecule has 0 atom stereocenters. The van der Waals surface area contributed by atoms with Crippen molar-refractivity contribution in [1.29, 1.82) is 0 Å². The quantitative estimate of drug-likeness (QED) is 0.373. The molecule has 2 rings (SSSR count). The van der Waals surface area contributed by atoms with E-state index >= 15 is 0 Å². The Morgan fingerprint density at radius 1 is 1.15 bits per heavy atom. The van der Waals surface area contributed by atoms with Gasteiger partial charge in [0.15, 0.2) is 22.5 Å². The zero-order chi connectivity index (χ0) is 19.1. The fourth-order valence-electron chi connectivity index (χ4n) is 2.30. The van der Waals surface area contributed by atoms with Gasteiger partial charge < -0.3 is 18.9 Å². The van der Waals surface area contributed by atoms with Gasteiger partial charge in [0, 0.05) is 12.1 Å². The summed E-state index contributed by atoms with van der Waals surface area (Å²) in [6.45, 7) is 4.25. The van der Waals surface area contributed by atoms with Gasteiger partial charge in [-0.15, -0.1) is 16.8 Å². The van der Waals surface area contributed by atoms with E-state index in [1.54, 1.807) is 39.5 Å². The standard InChI is InChI=1S/C17H21N3O5S/c1-6-7-20-16(18-19-17(20)26-10-14(21)24-4)11-8-12(22-2)15(25-5)13(9-11)23-3/h6,8-9H,1,7,10H2,2-5H3. The zero-order valence-corrected chi connectivity index (χ0v) is 16.0. The molecule has 0 saturated heterocycles. The van der Waals surface area contributed by atoms with Crippen LogP contribution in [0.15, 0.2) is 29.9 Å². The van der Waals surface area contributed by atoms with Crippen LogP contribution in [0.3, 0.4) is 0 Å². The summed E-state index contributed by atoms with van der Waals surface area (Å²) in [5.74, 6) is 1.92. The Hall–Kier alpha value is -2.68. The minimum Gasteiger partial charge on any atom is -0.493 e. The SMILES string of the molecule is C=CCn1c(SCC(=O)OC)nnc1-c1cc(OC)c(OC)c(OC)c1. The lowest BCUT2D eigenvalue weighted by Gasteiger charge is -2.14. The normalized spacial score (nSPS) is 10.3. The van der Waals surface area contributed by atoms with Crippen molar-refractivity contribution in [2.24, 2.45) is 0 Å². The predicted octanol–water partition coefficient (Wildman–Crippen LogP) is 2.42. The first-order valence-corrected chi connectivity index (χ1v) is 8.62. The van der Waals surface area contributed by atoms with E-state index in [9.17, 15) is 4.79 Å². The molecule has 0 amide bonds. The molecule has 1 aromatic heterocycles. The van der Waals surface area contributed by atoms with Crippen LogP contribution in [0.1, 0.15) is 0 Å². The van der Waals surface area contributed by atoms with Gasteiger partial charge in [0.25, 0.3) is 0 Å². The molecule has 0 aliphatic carbocycles. The Labute approximate surface area is 156 Å². The molecule has 26 heavy (non-hydrogen) atoms. The number of aromatic nitrogens is 3. The van der Waals surface area contributed by atoms with Crippen LogP contribution >= 0.6 is 11.8 Å². The molecule has 0 spiro atoms. The van der Waals surface area contributed by atoms with Gasteiger partial charge in [-0.05, 0) is 12.1 Å². The van der Waals surface area contributed by atoms with Gasteiger partial charge in [-0.1, -0.05) is 17.8 Å². The first-order valence-electron chi connectivity index (χ1n) is 7.63. The van der Waals surface area contributed by atoms with Gasteiger partial charge >= 0.3 is 5.97 Å².